The van der Waals surface area contributed by atoms with E-state index in [0.717, 1.165) is 0 Å². The number of fused-ring (bicyclic) bond motifs is 1. The minimum Gasteiger partial charge on any atom is -0.744 e. The van der Waals surface area contributed by atoms with Gasteiger partial charge in [0.05, 0.1) is 10.6 Å². The summed E-state index contributed by atoms with van der Waals surface area (Å²) in [4.78, 5) is -0.345. The summed E-state index contributed by atoms with van der Waals surface area (Å²) < 4.78 is 33.3. The maximum atomic E-state index is 11.1. The summed E-state index contributed by atoms with van der Waals surface area (Å²) >= 11 is 0. The Hall–Kier alpha value is -2.97. The standard InChI is InChI=1S/C16H13N3O4S/c17-11-2-4-12(5-3-11)18-19-16-14-7-6-13(24(21,22)23)9-10(14)1-8-15(16)20/h1-9,20H,17H2,(H,21,22,23)/p-1. The van der Waals surface area contributed by atoms with Crippen LogP contribution in [-0.2, 0) is 10.1 Å². The lowest BCUT2D eigenvalue weighted by Gasteiger charge is -2.09. The van der Waals surface area contributed by atoms with Crippen LogP contribution in [0.1, 0.15) is 0 Å². The van der Waals surface area contributed by atoms with Gasteiger partial charge in [-0.2, -0.15) is 5.11 Å². The van der Waals surface area contributed by atoms with Crippen molar-refractivity contribution in [1.82, 2.24) is 0 Å². The number of nitrogens with zero attached hydrogens (tertiary/aromatic N) is 2. The Labute approximate surface area is 137 Å². The van der Waals surface area contributed by atoms with Crippen LogP contribution in [0.5, 0.6) is 5.75 Å². The monoisotopic (exact) mass is 342 g/mol. The van der Waals surface area contributed by atoms with E-state index in [4.69, 9.17) is 5.73 Å². The fourth-order valence-electron chi connectivity index (χ4n) is 2.19. The molecule has 0 amide bonds. The molecule has 3 aromatic rings. The second-order valence-electron chi connectivity index (χ2n) is 5.06. The lowest BCUT2D eigenvalue weighted by molar-refractivity contribution is 0.463. The van der Waals surface area contributed by atoms with Gasteiger partial charge in [-0.15, -0.1) is 5.11 Å². The van der Waals surface area contributed by atoms with Crippen molar-refractivity contribution in [1.29, 1.82) is 0 Å². The number of azo groups is 1. The van der Waals surface area contributed by atoms with Crippen molar-refractivity contribution < 1.29 is 18.1 Å². The van der Waals surface area contributed by atoms with E-state index in [0.29, 0.717) is 22.1 Å². The molecule has 0 atom stereocenters. The van der Waals surface area contributed by atoms with Gasteiger partial charge >= 0.3 is 0 Å². The van der Waals surface area contributed by atoms with E-state index in [-0.39, 0.29) is 16.3 Å². The predicted molar refractivity (Wildman–Crippen MR) is 88.6 cm³/mol. The summed E-state index contributed by atoms with van der Waals surface area (Å²) in [5.74, 6) is -0.112. The van der Waals surface area contributed by atoms with Crippen molar-refractivity contribution in [3.05, 3.63) is 54.6 Å². The molecule has 0 aliphatic heterocycles. The second kappa shape index (κ2) is 5.91. The molecule has 8 heteroatoms. The largest absolute Gasteiger partial charge is 0.744 e. The summed E-state index contributed by atoms with van der Waals surface area (Å²) in [5, 5.41) is 19.0. The minimum absolute atomic E-state index is 0.112. The molecule has 122 valence electrons. The first-order chi connectivity index (χ1) is 11.3. The number of aromatic hydroxyl groups is 1. The first-order valence-electron chi connectivity index (χ1n) is 6.83. The van der Waals surface area contributed by atoms with Crippen LogP contribution in [0.4, 0.5) is 17.1 Å². The average Bonchev–Trinajstić information content (AvgIpc) is 2.54. The number of rotatable bonds is 3. The predicted octanol–water partition coefficient (Wildman–Crippen LogP) is 3.45. The minimum atomic E-state index is -4.56. The summed E-state index contributed by atoms with van der Waals surface area (Å²) in [6.45, 7) is 0. The summed E-state index contributed by atoms with van der Waals surface area (Å²) in [6.07, 6.45) is 0. The summed E-state index contributed by atoms with van der Waals surface area (Å²) in [6, 6.07) is 13.4. The van der Waals surface area contributed by atoms with Crippen molar-refractivity contribution in [2.45, 2.75) is 4.90 Å². The molecular formula is C16H12N3O4S-. The SMILES string of the molecule is Nc1ccc(N=Nc2c(O)ccc3cc(S(=O)(=O)[O-])ccc23)cc1. The van der Waals surface area contributed by atoms with E-state index in [1.807, 2.05) is 0 Å². The van der Waals surface area contributed by atoms with Gasteiger partial charge in [-0.3, -0.25) is 0 Å². The van der Waals surface area contributed by atoms with E-state index < -0.39 is 10.1 Å². The average molecular weight is 342 g/mol. The van der Waals surface area contributed by atoms with Crippen LogP contribution >= 0.6 is 0 Å². The van der Waals surface area contributed by atoms with Crippen LogP contribution in [0, 0.1) is 0 Å². The lowest BCUT2D eigenvalue weighted by atomic mass is 10.1. The fraction of sp³-hybridized carbons (Fsp3) is 0. The lowest BCUT2D eigenvalue weighted by Crippen LogP contribution is -1.97. The first kappa shape index (κ1) is 15.9. The number of hydrogen-bond acceptors (Lipinski definition) is 7. The van der Waals surface area contributed by atoms with Gasteiger partial charge in [0.25, 0.3) is 0 Å². The maximum Gasteiger partial charge on any atom is 0.143 e. The van der Waals surface area contributed by atoms with E-state index in [9.17, 15) is 18.1 Å². The third-order valence-electron chi connectivity index (χ3n) is 3.39. The molecule has 3 aromatic carbocycles. The Kier molecular flexibility index (Phi) is 3.92. The van der Waals surface area contributed by atoms with Gasteiger partial charge in [0.15, 0.2) is 0 Å². The zero-order valence-electron chi connectivity index (χ0n) is 12.2. The molecular weight excluding hydrogens is 330 g/mol. The van der Waals surface area contributed by atoms with Crippen LogP contribution in [0.25, 0.3) is 10.8 Å². The molecule has 0 fully saturated rings. The topological polar surface area (TPSA) is 128 Å². The normalized spacial score (nSPS) is 12.0. The number of phenols is 1. The Morgan fingerprint density at radius 1 is 0.958 bits per heavy atom. The van der Waals surface area contributed by atoms with E-state index >= 15 is 0 Å². The van der Waals surface area contributed by atoms with Gasteiger partial charge in [-0.25, -0.2) is 8.42 Å². The van der Waals surface area contributed by atoms with Crippen LogP contribution < -0.4 is 5.73 Å². The molecule has 0 radical (unpaired) electrons. The van der Waals surface area contributed by atoms with E-state index in [1.54, 1.807) is 24.3 Å². The van der Waals surface area contributed by atoms with Crippen molar-refractivity contribution in [2.24, 2.45) is 10.2 Å². The highest BCUT2D eigenvalue weighted by Crippen LogP contribution is 2.37. The van der Waals surface area contributed by atoms with E-state index in [1.165, 1.54) is 30.3 Å². The van der Waals surface area contributed by atoms with Crippen molar-refractivity contribution in [2.75, 3.05) is 5.73 Å². The number of nitrogens with two attached hydrogens (primary N) is 1. The third kappa shape index (κ3) is 3.19. The highest BCUT2D eigenvalue weighted by atomic mass is 32.2. The Morgan fingerprint density at radius 3 is 2.33 bits per heavy atom. The zero-order valence-corrected chi connectivity index (χ0v) is 13.1. The van der Waals surface area contributed by atoms with Crippen LogP contribution in [0.15, 0.2) is 69.7 Å². The van der Waals surface area contributed by atoms with Gasteiger partial charge in [0.1, 0.15) is 21.6 Å². The van der Waals surface area contributed by atoms with Gasteiger partial charge in [0.2, 0.25) is 0 Å². The first-order valence-corrected chi connectivity index (χ1v) is 8.24. The number of nitrogen functional groups attached to an aromatic ring is 1. The highest BCUT2D eigenvalue weighted by Gasteiger charge is 2.09. The molecule has 0 heterocycles. The summed E-state index contributed by atoms with van der Waals surface area (Å²) in [5.41, 5.74) is 6.91. The van der Waals surface area contributed by atoms with Gasteiger partial charge in [-0.05, 0) is 47.9 Å². The zero-order chi connectivity index (χ0) is 17.3. The van der Waals surface area contributed by atoms with Crippen molar-refractivity contribution >= 4 is 38.0 Å². The molecule has 0 unspecified atom stereocenters. The van der Waals surface area contributed by atoms with Crippen molar-refractivity contribution in [3.8, 4) is 5.75 Å². The molecule has 0 aliphatic rings. The molecule has 7 nitrogen and oxygen atoms in total. The molecule has 0 aromatic heterocycles. The smallest absolute Gasteiger partial charge is 0.143 e. The fourth-order valence-corrected chi connectivity index (χ4v) is 2.70. The summed E-state index contributed by atoms with van der Waals surface area (Å²) in [7, 11) is -4.56. The quantitative estimate of drug-likeness (QED) is 0.428. The third-order valence-corrected chi connectivity index (χ3v) is 4.22. The number of phenolic OH excluding ortho intramolecular Hbond substituents is 1. The Balaban J connectivity index is 2.10. The molecule has 3 rings (SSSR count). The van der Waals surface area contributed by atoms with E-state index in [2.05, 4.69) is 10.2 Å². The number of anilines is 1. The van der Waals surface area contributed by atoms with Gasteiger partial charge in [-0.1, -0.05) is 12.1 Å². The second-order valence-corrected chi connectivity index (χ2v) is 6.44. The Bertz CT molecular complexity index is 1040. The molecule has 24 heavy (non-hydrogen) atoms. The molecule has 0 spiro atoms. The Morgan fingerprint density at radius 2 is 1.67 bits per heavy atom. The van der Waals surface area contributed by atoms with Crippen LogP contribution in [0.3, 0.4) is 0 Å². The number of benzene rings is 3. The van der Waals surface area contributed by atoms with Gasteiger partial charge in [0, 0.05) is 11.1 Å². The van der Waals surface area contributed by atoms with Crippen molar-refractivity contribution in [3.63, 3.8) is 0 Å². The molecule has 3 N–H and O–H groups in total. The van der Waals surface area contributed by atoms with Crippen LogP contribution in [-0.4, -0.2) is 18.1 Å². The molecule has 0 saturated carbocycles. The maximum absolute atomic E-state index is 11.1. The molecule has 0 saturated heterocycles. The van der Waals surface area contributed by atoms with Gasteiger partial charge < -0.3 is 15.4 Å². The number of hydrogen-bond donors (Lipinski definition) is 2. The highest BCUT2D eigenvalue weighted by molar-refractivity contribution is 7.85. The van der Waals surface area contributed by atoms with Crippen LogP contribution in [0.2, 0.25) is 0 Å². The molecule has 0 bridgehead atoms. The molecule has 0 aliphatic carbocycles.